The van der Waals surface area contributed by atoms with Gasteiger partial charge >= 0.3 is 0 Å². The van der Waals surface area contributed by atoms with E-state index in [4.69, 9.17) is 43.0 Å². The van der Waals surface area contributed by atoms with Gasteiger partial charge in [-0.05, 0) is 158 Å². The van der Waals surface area contributed by atoms with Gasteiger partial charge in [-0.15, -0.1) is 13.2 Å². The maximum absolute atomic E-state index is 12.2. The molecule has 0 saturated carbocycles. The summed E-state index contributed by atoms with van der Waals surface area (Å²) >= 11 is 0. The zero-order valence-electron chi connectivity index (χ0n) is 59.0. The van der Waals surface area contributed by atoms with Crippen LogP contribution in [0, 0.1) is 10.8 Å². The van der Waals surface area contributed by atoms with E-state index in [-0.39, 0.29) is 73.9 Å². The van der Waals surface area contributed by atoms with E-state index in [9.17, 15) is 28.8 Å². The van der Waals surface area contributed by atoms with Crippen LogP contribution in [0.5, 0.6) is 0 Å². The molecule has 0 aromatic rings. The van der Waals surface area contributed by atoms with Gasteiger partial charge in [0.2, 0.25) is 23.6 Å². The summed E-state index contributed by atoms with van der Waals surface area (Å²) < 4.78 is 26.1. The van der Waals surface area contributed by atoms with Crippen molar-refractivity contribution >= 4 is 49.8 Å². The molecular formula is C74H120N4O15. The number of nitrogens with one attached hydrogen (secondary N) is 4. The number of aldehydes is 2. The molecule has 0 bridgehead atoms. The monoisotopic (exact) mass is 1300 g/mol. The summed E-state index contributed by atoms with van der Waals surface area (Å²) in [4.78, 5) is 93.0. The van der Waals surface area contributed by atoms with Gasteiger partial charge in [0.05, 0.1) is 26.4 Å². The molecule has 93 heavy (non-hydrogen) atoms. The van der Waals surface area contributed by atoms with E-state index in [1.54, 1.807) is 25.3 Å². The summed E-state index contributed by atoms with van der Waals surface area (Å²) in [6, 6.07) is 0. The number of methoxy groups -OCH3 is 1. The number of allylic oxidation sites excluding steroid dienone is 18. The standard InChI is InChI=1S/C40H65N3O9.C24H37NO2.C6H10O2.C2H4.2CH2O/c1-7-47-32-50-25-11-22-42-38(45)19-28-49-27-18-37(44)41-21-10-24-48-29-30-52-51-26-12-23-43-39(46)31-34(3)14-8-13-33(2)16-17-36-35(4)15-9-20-40(36,5)6;1-19(13-14-22-21(3)12-8-15-24(22,4)5)10-7-11-20(2)18-23(26)25-16-9-17-27-6;7-5-3-1-2-4-6-8;3*1-2/h8,12-14,16-17,26,31H,7,9-11,15,18-25,27-30,32H2,1-6H3,(H,41,44)(H,42,45)(H,43,46);7,10-11,13-14,18H,8-9,12,15-17H2,1-6H3,(H,25,26);5-6H,1-4H2;1-2H2;2*1H2/b14-8+,17-16+,26-12-,33-13+,34-31+;11-7+,14-13+,19-10+,20-18+;;;;. The van der Waals surface area contributed by atoms with E-state index < -0.39 is 0 Å². The number of carbonyl (C=O) groups is 8. The van der Waals surface area contributed by atoms with Gasteiger partial charge in [0.25, 0.3) is 0 Å². The first-order chi connectivity index (χ1) is 44.7. The molecule has 2 aliphatic carbocycles. The van der Waals surface area contributed by atoms with Gasteiger partial charge in [-0.2, -0.15) is 4.89 Å². The molecule has 0 aliphatic heterocycles. The van der Waals surface area contributed by atoms with E-state index in [1.165, 1.54) is 72.7 Å². The average molecular weight is 1310 g/mol. The summed E-state index contributed by atoms with van der Waals surface area (Å²) in [6.07, 6.45) is 41.7. The molecule has 0 aromatic carbocycles. The van der Waals surface area contributed by atoms with Gasteiger partial charge in [0.15, 0.2) is 0 Å². The van der Waals surface area contributed by atoms with Gasteiger partial charge in [-0.3, -0.25) is 19.2 Å². The van der Waals surface area contributed by atoms with Crippen LogP contribution in [0.2, 0.25) is 0 Å². The molecule has 0 fully saturated rings. The first-order valence-corrected chi connectivity index (χ1v) is 32.3. The zero-order valence-corrected chi connectivity index (χ0v) is 59.0. The molecular weight excluding hydrogens is 1180 g/mol. The lowest BCUT2D eigenvalue weighted by atomic mass is 9.72. The molecule has 0 atom stereocenters. The fourth-order valence-electron chi connectivity index (χ4n) is 8.90. The highest BCUT2D eigenvalue weighted by Gasteiger charge is 2.27. The lowest BCUT2D eigenvalue weighted by Gasteiger charge is -2.33. The number of carbonyl (C=O) groups excluding carboxylic acids is 8. The van der Waals surface area contributed by atoms with Crippen molar-refractivity contribution in [2.75, 3.05) is 92.9 Å². The second kappa shape index (κ2) is 65.1. The number of hydrogen-bond donors (Lipinski definition) is 4. The third kappa shape index (κ3) is 57.4. The summed E-state index contributed by atoms with van der Waals surface area (Å²) in [5.41, 5.74) is 10.5. The van der Waals surface area contributed by atoms with Crippen LogP contribution in [0.15, 0.2) is 143 Å². The minimum absolute atomic E-state index is 0.0595. The third-order valence-corrected chi connectivity index (χ3v) is 13.8. The van der Waals surface area contributed by atoms with Crippen molar-refractivity contribution in [1.29, 1.82) is 0 Å². The highest BCUT2D eigenvalue weighted by atomic mass is 17.2. The van der Waals surface area contributed by atoms with Crippen molar-refractivity contribution in [3.05, 3.63) is 143 Å². The largest absolute Gasteiger partial charge is 0.385 e. The predicted molar refractivity (Wildman–Crippen MR) is 376 cm³/mol. The Morgan fingerprint density at radius 1 is 0.538 bits per heavy atom. The minimum Gasteiger partial charge on any atom is -0.385 e. The van der Waals surface area contributed by atoms with Crippen molar-refractivity contribution in [3.8, 4) is 0 Å². The van der Waals surface area contributed by atoms with Crippen LogP contribution in [0.4, 0.5) is 0 Å². The van der Waals surface area contributed by atoms with Gasteiger partial charge in [0, 0.05) is 90.9 Å². The quantitative estimate of drug-likeness (QED) is 0.00510. The first kappa shape index (κ1) is 92.4. The molecule has 0 heterocycles. The summed E-state index contributed by atoms with van der Waals surface area (Å²) in [5, 5.41) is 11.2. The van der Waals surface area contributed by atoms with Crippen LogP contribution >= 0.6 is 0 Å². The fourth-order valence-corrected chi connectivity index (χ4v) is 8.90. The normalized spacial score (nSPS) is 14.8. The topological polar surface area (TPSA) is 249 Å². The Balaban J connectivity index is -0.000000798. The van der Waals surface area contributed by atoms with E-state index in [1.807, 2.05) is 64.7 Å². The number of ether oxygens (including phenoxy) is 5. The molecule has 0 radical (unpaired) electrons. The Kier molecular flexibility index (Phi) is 64.7. The Bertz CT molecular complexity index is 2370. The van der Waals surface area contributed by atoms with E-state index in [0.29, 0.717) is 84.9 Å². The number of rotatable bonds is 43. The van der Waals surface area contributed by atoms with Crippen LogP contribution in [0.3, 0.4) is 0 Å². The van der Waals surface area contributed by atoms with Crippen LogP contribution in [0.25, 0.3) is 0 Å². The van der Waals surface area contributed by atoms with Crippen molar-refractivity contribution < 1.29 is 71.8 Å². The fraction of sp³-hybridized carbons (Fsp3) is 0.568. The lowest BCUT2D eigenvalue weighted by Crippen LogP contribution is -2.27. The van der Waals surface area contributed by atoms with Crippen molar-refractivity contribution in [2.24, 2.45) is 10.8 Å². The number of unbranched alkanes of at least 4 members (excludes halogenated alkanes) is 3. The van der Waals surface area contributed by atoms with Gasteiger partial charge in [-0.25, -0.2) is 0 Å². The molecule has 0 saturated heterocycles. The molecule has 2 rings (SSSR count). The molecule has 0 aromatic heterocycles. The highest BCUT2D eigenvalue weighted by Crippen LogP contribution is 2.42. The molecule has 2 aliphatic rings. The van der Waals surface area contributed by atoms with Gasteiger partial charge < -0.3 is 69.0 Å². The van der Waals surface area contributed by atoms with Crippen LogP contribution < -0.4 is 21.3 Å². The maximum atomic E-state index is 12.2. The molecule has 0 spiro atoms. The molecule has 19 heteroatoms. The second-order valence-electron chi connectivity index (χ2n) is 22.8. The smallest absolute Gasteiger partial charge is 0.244 e. The number of hydrogen-bond acceptors (Lipinski definition) is 15. The Labute approximate surface area is 559 Å². The van der Waals surface area contributed by atoms with Crippen molar-refractivity contribution in [2.45, 2.75) is 172 Å². The lowest BCUT2D eigenvalue weighted by molar-refractivity contribution is -0.255. The van der Waals surface area contributed by atoms with E-state index >= 15 is 0 Å². The average Bonchev–Trinajstić information content (AvgIpc) is 0.884. The van der Waals surface area contributed by atoms with Crippen LogP contribution in [-0.4, -0.2) is 143 Å². The molecule has 19 nitrogen and oxygen atoms in total. The summed E-state index contributed by atoms with van der Waals surface area (Å²) in [5.74, 6) is -0.471. The van der Waals surface area contributed by atoms with Gasteiger partial charge in [-0.1, -0.05) is 111 Å². The third-order valence-electron chi connectivity index (χ3n) is 13.8. The summed E-state index contributed by atoms with van der Waals surface area (Å²) in [7, 11) is 1.66. The Morgan fingerprint density at radius 2 is 0.978 bits per heavy atom. The maximum Gasteiger partial charge on any atom is 0.244 e. The SMILES string of the molecule is C=C.C=O.C=O.CCOCOCCCNC(=O)CCOCCC(=O)NCCCOCCOO/C=C\CNC(=O)/C=C(C)/C=C/C=C(C)/C=C/C1=C(C)CCCC1(C)C.COCCCNC(=O)/C=C(C)/C=C/C=C(C)/C=C/C1=C(C)CCCC1(C)C.O=CCCCCC=O. The van der Waals surface area contributed by atoms with Crippen LogP contribution in [-0.2, 0) is 71.8 Å². The van der Waals surface area contributed by atoms with Crippen molar-refractivity contribution in [1.82, 2.24) is 21.3 Å². The summed E-state index contributed by atoms with van der Waals surface area (Å²) in [6.45, 7) is 39.2. The van der Waals surface area contributed by atoms with Crippen LogP contribution in [0.1, 0.15) is 172 Å². The Morgan fingerprint density at radius 3 is 1.43 bits per heavy atom. The molecule has 526 valence electrons. The highest BCUT2D eigenvalue weighted by molar-refractivity contribution is 5.89. The van der Waals surface area contributed by atoms with Crippen molar-refractivity contribution in [3.63, 3.8) is 0 Å². The van der Waals surface area contributed by atoms with Gasteiger partial charge in [0.1, 0.15) is 45.8 Å². The first-order valence-electron chi connectivity index (χ1n) is 32.3. The Hall–Kier alpha value is -7.00. The second-order valence-corrected chi connectivity index (χ2v) is 22.8. The molecule has 4 N–H and O–H groups in total. The minimum atomic E-state index is -0.197. The molecule has 4 amide bonds. The van der Waals surface area contributed by atoms with E-state index in [2.05, 4.69) is 120 Å². The molecule has 0 unspecified atom stereocenters. The number of amides is 4. The predicted octanol–water partition coefficient (Wildman–Crippen LogP) is 13.0. The van der Waals surface area contributed by atoms with E-state index in [0.717, 1.165) is 48.6 Å². The zero-order chi connectivity index (χ0) is 70.8.